The van der Waals surface area contributed by atoms with Crippen molar-refractivity contribution in [1.29, 1.82) is 0 Å². The number of ether oxygens (including phenoxy) is 1. The molecule has 1 saturated heterocycles. The highest BCUT2D eigenvalue weighted by molar-refractivity contribution is 6.34. The minimum Gasteiger partial charge on any atom is -0.482 e. The molecule has 0 atom stereocenters. The second-order valence-corrected chi connectivity index (χ2v) is 8.91. The molecule has 1 aliphatic rings. The van der Waals surface area contributed by atoms with Crippen molar-refractivity contribution in [2.45, 2.75) is 0 Å². The lowest BCUT2D eigenvalue weighted by molar-refractivity contribution is -0.133. The number of rotatable bonds is 5. The van der Waals surface area contributed by atoms with Crippen molar-refractivity contribution in [3.05, 3.63) is 82.8 Å². The Hall–Kier alpha value is -3.35. The number of amides is 1. The van der Waals surface area contributed by atoms with Crippen LogP contribution in [0.5, 0.6) is 5.75 Å². The van der Waals surface area contributed by atoms with Crippen LogP contribution in [0.3, 0.4) is 0 Å². The number of carbonyl (C=O) groups excluding carboxylic acids is 1. The van der Waals surface area contributed by atoms with Crippen LogP contribution in [0.1, 0.15) is 0 Å². The zero-order valence-electron chi connectivity index (χ0n) is 18.3. The van der Waals surface area contributed by atoms with E-state index >= 15 is 0 Å². The Morgan fingerprint density at radius 1 is 0.853 bits per heavy atom. The molecule has 5 rings (SSSR count). The molecule has 0 saturated carbocycles. The average Bonchev–Trinajstić information content (AvgIpc) is 2.89. The third kappa shape index (κ3) is 4.93. The molecule has 0 spiro atoms. The Labute approximate surface area is 207 Å². The van der Waals surface area contributed by atoms with Crippen molar-refractivity contribution in [1.82, 2.24) is 15.1 Å². The van der Waals surface area contributed by atoms with Gasteiger partial charge in [0.25, 0.3) is 5.91 Å². The van der Waals surface area contributed by atoms with Crippen LogP contribution in [0.4, 0.5) is 5.82 Å². The van der Waals surface area contributed by atoms with Gasteiger partial charge in [-0.2, -0.15) is 0 Å². The molecule has 172 valence electrons. The monoisotopic (exact) mass is 492 g/mol. The van der Waals surface area contributed by atoms with Gasteiger partial charge >= 0.3 is 0 Å². The topological polar surface area (TPSA) is 58.6 Å². The van der Waals surface area contributed by atoms with Gasteiger partial charge in [-0.25, -0.2) is 0 Å². The number of nitrogens with zero attached hydrogens (tertiary/aromatic N) is 4. The minimum absolute atomic E-state index is 0.0830. The third-order valence-electron chi connectivity index (χ3n) is 5.90. The van der Waals surface area contributed by atoms with Gasteiger partial charge in [0.2, 0.25) is 0 Å². The molecule has 4 aromatic rings. The molecule has 6 nitrogen and oxygen atoms in total. The van der Waals surface area contributed by atoms with E-state index in [0.29, 0.717) is 42.0 Å². The van der Waals surface area contributed by atoms with Gasteiger partial charge < -0.3 is 14.5 Å². The summed E-state index contributed by atoms with van der Waals surface area (Å²) in [6.07, 6.45) is 0. The molecular formula is C26H22Cl2N4O2. The second kappa shape index (κ2) is 9.87. The predicted octanol–water partition coefficient (Wildman–Crippen LogP) is 5.33. The van der Waals surface area contributed by atoms with E-state index in [0.717, 1.165) is 17.1 Å². The summed E-state index contributed by atoms with van der Waals surface area (Å²) in [7, 11) is 0. The molecule has 0 bridgehead atoms. The van der Waals surface area contributed by atoms with Crippen LogP contribution in [-0.4, -0.2) is 53.8 Å². The molecule has 0 unspecified atom stereocenters. The molecule has 2 heterocycles. The first kappa shape index (κ1) is 22.4. The van der Waals surface area contributed by atoms with Crippen molar-refractivity contribution in [3.8, 4) is 17.0 Å². The molecule has 1 aromatic heterocycles. The quantitative estimate of drug-likeness (QED) is 0.376. The number of carbonyl (C=O) groups is 1. The fraction of sp³-hybridized carbons (Fsp3) is 0.192. The van der Waals surface area contributed by atoms with Crippen molar-refractivity contribution >= 4 is 45.7 Å². The largest absolute Gasteiger partial charge is 0.482 e. The maximum Gasteiger partial charge on any atom is 0.260 e. The van der Waals surface area contributed by atoms with E-state index in [2.05, 4.69) is 45.4 Å². The molecule has 1 aliphatic heterocycles. The Morgan fingerprint density at radius 3 is 2.41 bits per heavy atom. The lowest BCUT2D eigenvalue weighted by Crippen LogP contribution is -2.50. The molecule has 3 aromatic carbocycles. The van der Waals surface area contributed by atoms with E-state index in [9.17, 15) is 4.79 Å². The van der Waals surface area contributed by atoms with Crippen molar-refractivity contribution in [2.75, 3.05) is 37.7 Å². The van der Waals surface area contributed by atoms with Gasteiger partial charge in [0, 0.05) is 42.8 Å². The summed E-state index contributed by atoms with van der Waals surface area (Å²) in [6, 6.07) is 23.4. The summed E-state index contributed by atoms with van der Waals surface area (Å²) in [5.74, 6) is 1.12. The van der Waals surface area contributed by atoms with Crippen LogP contribution in [0.15, 0.2) is 72.8 Å². The van der Waals surface area contributed by atoms with Gasteiger partial charge in [0.15, 0.2) is 12.4 Å². The summed E-state index contributed by atoms with van der Waals surface area (Å²) < 4.78 is 5.58. The smallest absolute Gasteiger partial charge is 0.260 e. The number of piperazine rings is 1. The molecular weight excluding hydrogens is 471 g/mol. The average molecular weight is 493 g/mol. The summed E-state index contributed by atoms with van der Waals surface area (Å²) in [5.41, 5.74) is 1.87. The minimum atomic E-state index is -0.0894. The number of benzene rings is 3. The molecule has 34 heavy (non-hydrogen) atoms. The first-order valence-corrected chi connectivity index (χ1v) is 11.8. The summed E-state index contributed by atoms with van der Waals surface area (Å²) in [5, 5.41) is 12.2. The van der Waals surface area contributed by atoms with Crippen LogP contribution in [0.25, 0.3) is 22.0 Å². The van der Waals surface area contributed by atoms with Crippen molar-refractivity contribution in [3.63, 3.8) is 0 Å². The first-order valence-electron chi connectivity index (χ1n) is 11.0. The third-order valence-corrected chi connectivity index (χ3v) is 6.44. The van der Waals surface area contributed by atoms with Gasteiger partial charge in [0.05, 0.1) is 10.7 Å². The van der Waals surface area contributed by atoms with Gasteiger partial charge in [-0.15, -0.1) is 10.2 Å². The lowest BCUT2D eigenvalue weighted by Gasteiger charge is -2.35. The Morgan fingerprint density at radius 2 is 1.65 bits per heavy atom. The van der Waals surface area contributed by atoms with E-state index in [-0.39, 0.29) is 12.5 Å². The first-order chi connectivity index (χ1) is 16.6. The number of fused-ring (bicyclic) bond motifs is 1. The zero-order valence-corrected chi connectivity index (χ0v) is 19.8. The van der Waals surface area contributed by atoms with E-state index in [1.165, 1.54) is 10.8 Å². The van der Waals surface area contributed by atoms with Crippen LogP contribution in [-0.2, 0) is 4.79 Å². The number of anilines is 1. The molecule has 0 radical (unpaired) electrons. The molecule has 0 aliphatic carbocycles. The standard InChI is InChI=1S/C26H22Cl2N4O2/c27-21-7-8-22(28)24(16-21)34-17-26(33)32-13-11-31(12-14-32)25-10-9-23(29-30-25)20-6-5-18-3-1-2-4-19(18)15-20/h1-10,15-16H,11-14,17H2. The summed E-state index contributed by atoms with van der Waals surface area (Å²) in [4.78, 5) is 16.5. The van der Waals surface area contributed by atoms with Crippen LogP contribution in [0.2, 0.25) is 10.0 Å². The highest BCUT2D eigenvalue weighted by Gasteiger charge is 2.23. The van der Waals surface area contributed by atoms with Crippen LogP contribution >= 0.6 is 23.2 Å². The molecule has 0 N–H and O–H groups in total. The SMILES string of the molecule is O=C(COc1cc(Cl)ccc1Cl)N1CCN(c2ccc(-c3ccc4ccccc4c3)nn2)CC1. The van der Waals surface area contributed by atoms with Gasteiger partial charge in [-0.05, 0) is 41.1 Å². The fourth-order valence-electron chi connectivity index (χ4n) is 4.00. The van der Waals surface area contributed by atoms with Crippen LogP contribution < -0.4 is 9.64 Å². The maximum atomic E-state index is 12.6. The number of halogens is 2. The number of hydrogen-bond donors (Lipinski definition) is 0. The second-order valence-electron chi connectivity index (χ2n) is 8.07. The number of hydrogen-bond acceptors (Lipinski definition) is 5. The van der Waals surface area contributed by atoms with E-state index < -0.39 is 0 Å². The lowest BCUT2D eigenvalue weighted by atomic mass is 10.1. The highest BCUT2D eigenvalue weighted by atomic mass is 35.5. The van der Waals surface area contributed by atoms with Crippen LogP contribution in [0, 0.1) is 0 Å². The highest BCUT2D eigenvalue weighted by Crippen LogP contribution is 2.28. The van der Waals surface area contributed by atoms with Crippen molar-refractivity contribution < 1.29 is 9.53 Å². The normalized spacial score (nSPS) is 13.8. The molecule has 1 fully saturated rings. The zero-order chi connectivity index (χ0) is 23.5. The predicted molar refractivity (Wildman–Crippen MR) is 136 cm³/mol. The van der Waals surface area contributed by atoms with Gasteiger partial charge in [-0.3, -0.25) is 4.79 Å². The van der Waals surface area contributed by atoms with E-state index in [1.54, 1.807) is 23.1 Å². The fourth-order valence-corrected chi connectivity index (χ4v) is 4.33. The molecule has 1 amide bonds. The number of aromatic nitrogens is 2. The van der Waals surface area contributed by atoms with E-state index in [4.69, 9.17) is 27.9 Å². The Balaban J connectivity index is 1.17. The summed E-state index contributed by atoms with van der Waals surface area (Å²) in [6.45, 7) is 2.43. The molecule has 8 heteroatoms. The Kier molecular flexibility index (Phi) is 6.52. The van der Waals surface area contributed by atoms with Gasteiger partial charge in [-0.1, -0.05) is 59.6 Å². The Bertz CT molecular complexity index is 1320. The maximum absolute atomic E-state index is 12.6. The van der Waals surface area contributed by atoms with Crippen molar-refractivity contribution in [2.24, 2.45) is 0 Å². The van der Waals surface area contributed by atoms with E-state index in [1.807, 2.05) is 24.3 Å². The van der Waals surface area contributed by atoms with Gasteiger partial charge in [0.1, 0.15) is 5.75 Å². The summed E-state index contributed by atoms with van der Waals surface area (Å²) >= 11 is 12.1.